The molecule has 12 heteroatoms. The first-order chi connectivity index (χ1) is 20.5. The van der Waals surface area contributed by atoms with Crippen LogP contribution < -0.4 is 20.7 Å². The second-order valence-corrected chi connectivity index (χ2v) is 11.0. The van der Waals surface area contributed by atoms with Crippen LogP contribution in [0.2, 0.25) is 0 Å². The molecule has 0 saturated carbocycles. The van der Waals surface area contributed by atoms with Crippen LogP contribution in [0, 0.1) is 5.92 Å². The van der Waals surface area contributed by atoms with Crippen molar-refractivity contribution in [2.24, 2.45) is 10.9 Å². The second kappa shape index (κ2) is 15.0. The molecule has 232 valence electrons. The number of benzene rings is 2. The summed E-state index contributed by atoms with van der Waals surface area (Å²) in [5.41, 5.74) is 0.409. The van der Waals surface area contributed by atoms with Crippen LogP contribution in [-0.4, -0.2) is 72.8 Å². The predicted octanol–water partition coefficient (Wildman–Crippen LogP) is 3.65. The highest BCUT2D eigenvalue weighted by Crippen LogP contribution is 2.35. The van der Waals surface area contributed by atoms with E-state index in [4.69, 9.17) is 9.47 Å². The molecule has 3 rings (SSSR count). The first kappa shape index (κ1) is 32.9. The molecule has 3 atom stereocenters. The van der Waals surface area contributed by atoms with Gasteiger partial charge in [-0.3, -0.25) is 14.5 Å². The van der Waals surface area contributed by atoms with Crippen molar-refractivity contribution in [3.8, 4) is 5.75 Å². The highest BCUT2D eigenvalue weighted by Gasteiger charge is 2.51. The fourth-order valence-electron chi connectivity index (χ4n) is 5.19. The molecule has 4 amide bonds. The highest BCUT2D eigenvalue weighted by atomic mass is 16.5. The zero-order valence-corrected chi connectivity index (χ0v) is 25.3. The van der Waals surface area contributed by atoms with Gasteiger partial charge in [-0.05, 0) is 55.4 Å². The Morgan fingerprint density at radius 1 is 1.02 bits per heavy atom. The average molecular weight is 596 g/mol. The minimum Gasteiger partial charge on any atom is -0.497 e. The third kappa shape index (κ3) is 8.69. The zero-order valence-electron chi connectivity index (χ0n) is 25.3. The summed E-state index contributed by atoms with van der Waals surface area (Å²) in [6.07, 6.45) is -0.525. The van der Waals surface area contributed by atoms with Gasteiger partial charge >= 0.3 is 12.2 Å². The number of hydrogen-bond donors (Lipinski definition) is 4. The van der Waals surface area contributed by atoms with E-state index in [-0.39, 0.29) is 42.7 Å². The number of guanidine groups is 1. The molecule has 12 nitrogen and oxygen atoms in total. The van der Waals surface area contributed by atoms with Crippen LogP contribution in [0.4, 0.5) is 9.59 Å². The monoisotopic (exact) mass is 595 g/mol. The number of aliphatic imine (C=N–C) groups is 1. The van der Waals surface area contributed by atoms with Gasteiger partial charge in [-0.2, -0.15) is 0 Å². The molecule has 1 saturated heterocycles. The molecule has 4 N–H and O–H groups in total. The predicted molar refractivity (Wildman–Crippen MR) is 161 cm³/mol. The van der Waals surface area contributed by atoms with Gasteiger partial charge in [0.25, 0.3) is 5.91 Å². The largest absolute Gasteiger partial charge is 0.497 e. The summed E-state index contributed by atoms with van der Waals surface area (Å²) in [7, 11) is 2.79. The maximum atomic E-state index is 13.9. The molecule has 1 aliphatic rings. The Labute approximate surface area is 251 Å². The van der Waals surface area contributed by atoms with Crippen molar-refractivity contribution in [1.82, 2.24) is 20.9 Å². The van der Waals surface area contributed by atoms with Crippen molar-refractivity contribution >= 4 is 30.0 Å². The van der Waals surface area contributed by atoms with E-state index in [0.29, 0.717) is 25.0 Å². The zero-order chi connectivity index (χ0) is 31.6. The molecule has 1 heterocycles. The number of carbonyl (C=O) groups excluding carboxylic acids is 3. The van der Waals surface area contributed by atoms with Crippen molar-refractivity contribution in [1.29, 1.82) is 0 Å². The third-order valence-corrected chi connectivity index (χ3v) is 7.17. The van der Waals surface area contributed by atoms with E-state index in [1.165, 1.54) is 12.0 Å². The third-order valence-electron chi connectivity index (χ3n) is 7.17. The summed E-state index contributed by atoms with van der Waals surface area (Å²) in [6, 6.07) is 15.2. The van der Waals surface area contributed by atoms with Gasteiger partial charge in [0.1, 0.15) is 17.3 Å². The van der Waals surface area contributed by atoms with Gasteiger partial charge in [0.2, 0.25) is 11.9 Å². The van der Waals surface area contributed by atoms with Gasteiger partial charge in [-0.15, -0.1) is 4.99 Å². The minimum atomic E-state index is -1.41. The Hall–Kier alpha value is -4.61. The fourth-order valence-corrected chi connectivity index (χ4v) is 5.19. The first-order valence-corrected chi connectivity index (χ1v) is 14.2. The van der Waals surface area contributed by atoms with Crippen LogP contribution in [0.15, 0.2) is 59.6 Å². The average Bonchev–Trinajstić information content (AvgIpc) is 3.22. The second-order valence-electron chi connectivity index (χ2n) is 11.0. The number of nitrogens with one attached hydrogen (secondary N) is 3. The lowest BCUT2D eigenvalue weighted by molar-refractivity contribution is -0.132. The standard InChI is InChI=1S/C31H41N5O7/c1-20(2)19-31(23-11-7-6-8-12-23)27(38)36(28(35-31)34-29(39)40)17-9-10-21(3)32-26(37)25(33-30(41)43-5)18-22-13-15-24(42-4)16-14-22/h6-8,11-16,20-21,25H,9-10,17-19H2,1-5H3,(H,32,37)(H,33,41)(H,34,35)(H,39,40)/t21-,25-,31+/m0/s1. The Kier molecular flexibility index (Phi) is 11.5. The summed E-state index contributed by atoms with van der Waals surface area (Å²) in [5.74, 6) is 0.127. The van der Waals surface area contributed by atoms with Gasteiger partial charge in [-0.25, -0.2) is 9.59 Å². The number of nitrogens with zero attached hydrogens (tertiary/aromatic N) is 2. The minimum absolute atomic E-state index is 0.0134. The molecule has 1 aliphatic heterocycles. The lowest BCUT2D eigenvalue weighted by Gasteiger charge is -2.29. The summed E-state index contributed by atoms with van der Waals surface area (Å²) in [5, 5.41) is 18.1. The van der Waals surface area contributed by atoms with E-state index in [9.17, 15) is 24.3 Å². The van der Waals surface area contributed by atoms with Crippen molar-refractivity contribution in [2.75, 3.05) is 20.8 Å². The van der Waals surface area contributed by atoms with E-state index in [0.717, 1.165) is 11.1 Å². The summed E-state index contributed by atoms with van der Waals surface area (Å²) in [6.45, 7) is 6.01. The summed E-state index contributed by atoms with van der Waals surface area (Å²) in [4.78, 5) is 55.6. The molecule has 0 bridgehead atoms. The van der Waals surface area contributed by atoms with Crippen molar-refractivity contribution in [3.63, 3.8) is 0 Å². The van der Waals surface area contributed by atoms with Gasteiger partial charge in [0.15, 0.2) is 0 Å². The van der Waals surface area contributed by atoms with Crippen molar-refractivity contribution in [3.05, 3.63) is 65.7 Å². The molecule has 0 radical (unpaired) electrons. The maximum absolute atomic E-state index is 13.9. The molecule has 43 heavy (non-hydrogen) atoms. The molecular weight excluding hydrogens is 554 g/mol. The molecule has 0 unspecified atom stereocenters. The Morgan fingerprint density at radius 3 is 2.28 bits per heavy atom. The Balaban J connectivity index is 1.69. The smallest absolute Gasteiger partial charge is 0.434 e. The van der Waals surface area contributed by atoms with Crippen LogP contribution in [0.25, 0.3) is 0 Å². The number of amides is 4. The van der Waals surface area contributed by atoms with Gasteiger partial charge in [0, 0.05) is 19.0 Å². The summed E-state index contributed by atoms with van der Waals surface area (Å²) >= 11 is 0. The van der Waals surface area contributed by atoms with Gasteiger partial charge < -0.3 is 30.5 Å². The van der Waals surface area contributed by atoms with E-state index in [2.05, 4.69) is 20.9 Å². The Morgan fingerprint density at radius 2 is 1.70 bits per heavy atom. The number of rotatable bonds is 13. The SMILES string of the molecule is COC(=O)N[C@@H](Cc1ccc(OC)cc1)C(=O)N[C@@H](C)CCCN1C(=O)[C@@](CC(C)C)(c2ccccc2)NC1=NC(=O)O. The van der Waals surface area contributed by atoms with E-state index < -0.39 is 23.8 Å². The topological polar surface area (TPSA) is 159 Å². The molecule has 0 aromatic heterocycles. The van der Waals surface area contributed by atoms with E-state index in [1.54, 1.807) is 19.2 Å². The highest BCUT2D eigenvalue weighted by molar-refractivity contribution is 6.11. The normalized spacial score (nSPS) is 18.6. The van der Waals surface area contributed by atoms with E-state index in [1.807, 2.05) is 63.2 Å². The Bertz CT molecular complexity index is 1300. The fraction of sp³-hybridized carbons (Fsp3) is 0.452. The molecular formula is C31H41N5O7. The number of carbonyl (C=O) groups is 4. The van der Waals surface area contributed by atoms with Crippen LogP contribution in [0.5, 0.6) is 5.75 Å². The quantitative estimate of drug-likeness (QED) is 0.273. The lowest BCUT2D eigenvalue weighted by Crippen LogP contribution is -2.50. The van der Waals surface area contributed by atoms with E-state index >= 15 is 0 Å². The number of ether oxygens (including phenoxy) is 2. The number of methoxy groups -OCH3 is 2. The van der Waals surface area contributed by atoms with Crippen LogP contribution in [0.3, 0.4) is 0 Å². The number of alkyl carbamates (subject to hydrolysis) is 1. The maximum Gasteiger partial charge on any atom is 0.434 e. The number of carboxylic acid groups (broad SMARTS) is 1. The molecule has 0 spiro atoms. The number of hydrogen-bond acceptors (Lipinski definition) is 6. The summed E-state index contributed by atoms with van der Waals surface area (Å²) < 4.78 is 9.89. The lowest BCUT2D eigenvalue weighted by atomic mass is 9.82. The molecule has 2 aromatic rings. The van der Waals surface area contributed by atoms with Crippen LogP contribution in [-0.2, 0) is 26.3 Å². The molecule has 1 fully saturated rings. The van der Waals surface area contributed by atoms with Crippen LogP contribution >= 0.6 is 0 Å². The molecule has 2 aromatic carbocycles. The van der Waals surface area contributed by atoms with Gasteiger partial charge in [-0.1, -0.05) is 56.3 Å². The van der Waals surface area contributed by atoms with Gasteiger partial charge in [0.05, 0.1) is 14.2 Å². The first-order valence-electron chi connectivity index (χ1n) is 14.2. The van der Waals surface area contributed by atoms with Crippen molar-refractivity contribution in [2.45, 2.75) is 64.1 Å². The molecule has 0 aliphatic carbocycles. The van der Waals surface area contributed by atoms with Crippen LogP contribution in [0.1, 0.15) is 51.2 Å². The van der Waals surface area contributed by atoms with Crippen molar-refractivity contribution < 1.29 is 33.8 Å².